The molecule has 1 aliphatic carbocycles. The van der Waals surface area contributed by atoms with Crippen LogP contribution in [0.3, 0.4) is 0 Å². The molecule has 3 rings (SSSR count). The van der Waals surface area contributed by atoms with Crippen LogP contribution >= 0.6 is 11.6 Å². The molecular weight excluding hydrogens is 491 g/mol. The fraction of sp³-hybridized carbons (Fsp3) is 0.500. The summed E-state index contributed by atoms with van der Waals surface area (Å²) in [6.07, 6.45) is -6.78. The highest BCUT2D eigenvalue weighted by Gasteiger charge is 2.41. The fourth-order valence-corrected chi connectivity index (χ4v) is 3.78. The monoisotopic (exact) mass is 515 g/mol. The van der Waals surface area contributed by atoms with Crippen molar-refractivity contribution in [1.29, 1.82) is 0 Å². The van der Waals surface area contributed by atoms with E-state index in [1.165, 1.54) is 0 Å². The Morgan fingerprint density at radius 2 is 1.91 bits per heavy atom. The summed E-state index contributed by atoms with van der Waals surface area (Å²) in [4.78, 5) is 12.2. The molecule has 2 aromatic heterocycles. The minimum atomic E-state index is -4.51. The van der Waals surface area contributed by atoms with Gasteiger partial charge in [0.25, 0.3) is 0 Å². The second-order valence-electron chi connectivity index (χ2n) is 7.91. The minimum absolute atomic E-state index is 0.0337. The lowest BCUT2D eigenvalue weighted by atomic mass is 10.1. The number of aryl methyl sites for hydroxylation is 1. The normalized spacial score (nSPS) is 21.9. The molecule has 35 heavy (non-hydrogen) atoms. The first-order chi connectivity index (χ1) is 16.5. The molecule has 1 saturated carbocycles. The molecule has 2 heterocycles. The van der Waals surface area contributed by atoms with Crippen molar-refractivity contribution in [3.8, 4) is 17.7 Å². The van der Waals surface area contributed by atoms with Gasteiger partial charge in [-0.15, -0.1) is 0 Å². The molecule has 5 N–H and O–H groups in total. The molecule has 0 radical (unpaired) electrons. The van der Waals surface area contributed by atoms with Gasteiger partial charge in [-0.1, -0.05) is 23.4 Å². The molecule has 0 unspecified atom stereocenters. The zero-order chi connectivity index (χ0) is 25.8. The first-order valence-corrected chi connectivity index (χ1v) is 11.1. The Bertz CT molecular complexity index is 1110. The van der Waals surface area contributed by atoms with E-state index in [9.17, 15) is 28.5 Å². The molecule has 13 heteroatoms. The minimum Gasteiger partial charge on any atom is -0.478 e. The van der Waals surface area contributed by atoms with Crippen molar-refractivity contribution in [2.75, 3.05) is 30.4 Å². The van der Waals surface area contributed by atoms with Crippen LogP contribution in [-0.2, 0) is 0 Å². The quantitative estimate of drug-likeness (QED) is 0.278. The van der Waals surface area contributed by atoms with Gasteiger partial charge in [-0.25, -0.2) is 4.98 Å². The van der Waals surface area contributed by atoms with Gasteiger partial charge in [0, 0.05) is 24.2 Å². The number of anilines is 2. The molecule has 4 atom stereocenters. The van der Waals surface area contributed by atoms with Gasteiger partial charge in [-0.2, -0.15) is 23.1 Å². The van der Waals surface area contributed by atoms with Crippen molar-refractivity contribution < 1.29 is 33.2 Å². The van der Waals surface area contributed by atoms with Crippen LogP contribution in [0, 0.1) is 24.7 Å². The molecule has 0 saturated heterocycles. The Morgan fingerprint density at radius 1 is 1.17 bits per heavy atom. The number of nitrogens with one attached hydrogen (secondary N) is 2. The Hall–Kier alpha value is -2.85. The van der Waals surface area contributed by atoms with Crippen molar-refractivity contribution in [3.63, 3.8) is 0 Å². The molecule has 0 aliphatic heterocycles. The van der Waals surface area contributed by atoms with Crippen molar-refractivity contribution in [1.82, 2.24) is 15.0 Å². The number of halogens is 4. The maximum atomic E-state index is 12.7. The van der Waals surface area contributed by atoms with Crippen LogP contribution in [0.2, 0.25) is 5.15 Å². The maximum absolute atomic E-state index is 12.7. The van der Waals surface area contributed by atoms with E-state index in [2.05, 4.69) is 37.4 Å². The van der Waals surface area contributed by atoms with Gasteiger partial charge in [0.2, 0.25) is 11.8 Å². The van der Waals surface area contributed by atoms with Crippen LogP contribution in [-0.4, -0.2) is 74.5 Å². The number of pyridine rings is 1. The largest absolute Gasteiger partial charge is 0.478 e. The van der Waals surface area contributed by atoms with Crippen molar-refractivity contribution in [2.24, 2.45) is 5.92 Å². The van der Waals surface area contributed by atoms with E-state index >= 15 is 0 Å². The number of hydrogen-bond donors (Lipinski definition) is 5. The van der Waals surface area contributed by atoms with Gasteiger partial charge < -0.3 is 30.7 Å². The summed E-state index contributed by atoms with van der Waals surface area (Å²) in [5.74, 6) is 5.13. The van der Waals surface area contributed by atoms with Gasteiger partial charge in [0.15, 0.2) is 5.15 Å². The summed E-state index contributed by atoms with van der Waals surface area (Å²) in [5, 5.41) is 34.6. The van der Waals surface area contributed by atoms with Gasteiger partial charge in [-0.05, 0) is 26.3 Å². The molecular formula is C22H25ClF3N5O4. The predicted octanol–water partition coefficient (Wildman–Crippen LogP) is 2.12. The Kier molecular flexibility index (Phi) is 8.60. The summed E-state index contributed by atoms with van der Waals surface area (Å²) in [6, 6.07) is 2.58. The van der Waals surface area contributed by atoms with Crippen LogP contribution in [0.5, 0.6) is 5.88 Å². The lowest BCUT2D eigenvalue weighted by molar-refractivity contribution is -0.115. The third-order valence-electron chi connectivity index (χ3n) is 5.34. The number of hydrogen-bond acceptors (Lipinski definition) is 9. The zero-order valence-corrected chi connectivity index (χ0v) is 19.7. The van der Waals surface area contributed by atoms with Crippen molar-refractivity contribution >= 4 is 23.4 Å². The lowest BCUT2D eigenvalue weighted by Crippen LogP contribution is -2.36. The van der Waals surface area contributed by atoms with Crippen LogP contribution in [0.4, 0.5) is 24.9 Å². The smallest absolute Gasteiger partial charge is 0.405 e. The van der Waals surface area contributed by atoms with Gasteiger partial charge in [0.05, 0.1) is 24.4 Å². The molecule has 0 amide bonds. The standard InChI is InChI=1S/C22H25ClF3N5O4/c1-3-35-16-7-5-12(11(2)28-16)4-6-14-19(23)30-21(27-10-22(24,25)26)31-20(14)29-15-8-13(9-32)17(33)18(15)34/h5,7,13,15,17-18,32-34H,3,8-10H2,1-2H3,(H2,27,29,30,31)/t13-,15-,17-,18+/m1/s1. The summed E-state index contributed by atoms with van der Waals surface area (Å²) in [7, 11) is 0. The molecule has 0 aromatic carbocycles. The highest BCUT2D eigenvalue weighted by molar-refractivity contribution is 6.31. The fourth-order valence-electron chi connectivity index (χ4n) is 3.56. The summed E-state index contributed by atoms with van der Waals surface area (Å²) in [6.45, 7) is 2.28. The van der Waals surface area contributed by atoms with Gasteiger partial charge in [-0.3, -0.25) is 0 Å². The zero-order valence-electron chi connectivity index (χ0n) is 18.9. The summed E-state index contributed by atoms with van der Waals surface area (Å²) < 4.78 is 43.3. The topological polar surface area (TPSA) is 133 Å². The van der Waals surface area contributed by atoms with Gasteiger partial charge in [0.1, 0.15) is 24.0 Å². The highest BCUT2D eigenvalue weighted by atomic mass is 35.5. The van der Waals surface area contributed by atoms with E-state index in [0.717, 1.165) is 0 Å². The first kappa shape index (κ1) is 26.7. The van der Waals surface area contributed by atoms with Gasteiger partial charge >= 0.3 is 6.18 Å². The number of rotatable bonds is 7. The van der Waals surface area contributed by atoms with Crippen molar-refractivity contribution in [2.45, 2.75) is 44.7 Å². The number of aliphatic hydroxyl groups excluding tert-OH is 3. The van der Waals surface area contributed by atoms with E-state index in [-0.39, 0.29) is 29.6 Å². The number of ether oxygens (including phenoxy) is 1. The van der Waals surface area contributed by atoms with Crippen LogP contribution < -0.4 is 15.4 Å². The lowest BCUT2D eigenvalue weighted by Gasteiger charge is -2.20. The Balaban J connectivity index is 1.97. The number of nitrogens with zero attached hydrogens (tertiary/aromatic N) is 3. The van der Waals surface area contributed by atoms with Crippen LogP contribution in [0.15, 0.2) is 12.1 Å². The number of aliphatic hydroxyl groups is 3. The van der Waals surface area contributed by atoms with E-state index in [0.29, 0.717) is 23.7 Å². The first-order valence-electron chi connectivity index (χ1n) is 10.8. The number of alkyl halides is 3. The average Bonchev–Trinajstić information content (AvgIpc) is 3.06. The third kappa shape index (κ3) is 6.85. The SMILES string of the molecule is CCOc1ccc(C#Cc2c(Cl)nc(NCC(F)(F)F)nc2N[C@@H]2C[C@H](CO)[C@@H](O)[C@H]2O)c(C)n1. The van der Waals surface area contributed by atoms with E-state index in [1.54, 1.807) is 19.1 Å². The maximum Gasteiger partial charge on any atom is 0.405 e. The van der Waals surface area contributed by atoms with Crippen molar-refractivity contribution in [3.05, 3.63) is 34.1 Å². The predicted molar refractivity (Wildman–Crippen MR) is 122 cm³/mol. The highest BCUT2D eigenvalue weighted by Crippen LogP contribution is 2.31. The molecule has 0 spiro atoms. The molecule has 9 nitrogen and oxygen atoms in total. The second-order valence-corrected chi connectivity index (χ2v) is 8.26. The van der Waals surface area contributed by atoms with E-state index < -0.39 is 42.8 Å². The third-order valence-corrected chi connectivity index (χ3v) is 5.62. The molecule has 1 fully saturated rings. The van der Waals surface area contributed by atoms with E-state index in [4.69, 9.17) is 16.3 Å². The second kappa shape index (κ2) is 11.3. The molecule has 0 bridgehead atoms. The summed E-state index contributed by atoms with van der Waals surface area (Å²) in [5.41, 5.74) is 1.21. The number of aromatic nitrogens is 3. The Morgan fingerprint density at radius 3 is 2.51 bits per heavy atom. The van der Waals surface area contributed by atoms with E-state index in [1.807, 2.05) is 6.92 Å². The Labute approximate surface area is 204 Å². The molecule has 190 valence electrons. The molecule has 2 aromatic rings. The molecule has 1 aliphatic rings. The van der Waals surface area contributed by atoms with Crippen LogP contribution in [0.25, 0.3) is 0 Å². The average molecular weight is 516 g/mol. The summed E-state index contributed by atoms with van der Waals surface area (Å²) >= 11 is 6.26. The van der Waals surface area contributed by atoms with Crippen LogP contribution in [0.1, 0.15) is 30.2 Å².